The molecule has 0 spiro atoms. The molecule has 0 aliphatic heterocycles. The third-order valence-corrected chi connectivity index (χ3v) is 4.95. The lowest BCUT2D eigenvalue weighted by Gasteiger charge is -2.08. The molecule has 0 aliphatic rings. The molecule has 1 aromatic heterocycles. The van der Waals surface area contributed by atoms with E-state index < -0.39 is 0 Å². The molecule has 1 heterocycles. The Kier molecular flexibility index (Phi) is 5.72. The fraction of sp³-hybridized carbons (Fsp3) is 0.182. The van der Waals surface area contributed by atoms with E-state index in [1.807, 2.05) is 29.6 Å². The molecule has 5 heteroatoms. The van der Waals surface area contributed by atoms with Crippen LogP contribution < -0.4 is 10.1 Å². The molecule has 3 rings (SSSR count). The zero-order valence-corrected chi connectivity index (χ0v) is 16.7. The Labute approximate surface area is 163 Å². The fourth-order valence-corrected chi connectivity index (χ4v) is 3.80. The molecule has 0 unspecified atom stereocenters. The number of aromatic nitrogens is 1. The van der Waals surface area contributed by atoms with Crippen molar-refractivity contribution in [3.05, 3.63) is 70.1 Å². The van der Waals surface area contributed by atoms with E-state index in [1.165, 1.54) is 34.1 Å². The van der Waals surface area contributed by atoms with Gasteiger partial charge in [-0.15, -0.1) is 11.3 Å². The maximum Gasteiger partial charge on any atom is 0.250 e. The van der Waals surface area contributed by atoms with Gasteiger partial charge in [-0.05, 0) is 55.7 Å². The number of carbonyl (C=O) groups excluding carboxylic acids is 1. The minimum absolute atomic E-state index is 0.212. The summed E-state index contributed by atoms with van der Waals surface area (Å²) in [4.78, 5) is 16.8. The standard InChI is InChI=1S/C22H22N2O2S/c1-14-10-15(2)21(16(3)11-14)19-13-27-22(23-19)24-20(25)9-8-17-6-5-7-18(12-17)26-4/h5-13H,1-4H3,(H,23,24,25)/b9-8+. The summed E-state index contributed by atoms with van der Waals surface area (Å²) in [6, 6.07) is 11.8. The quantitative estimate of drug-likeness (QED) is 0.605. The first kappa shape index (κ1) is 18.9. The average Bonchev–Trinajstić information content (AvgIpc) is 3.07. The highest BCUT2D eigenvalue weighted by Crippen LogP contribution is 2.31. The van der Waals surface area contributed by atoms with E-state index in [4.69, 9.17) is 4.74 Å². The van der Waals surface area contributed by atoms with Crippen LogP contribution in [0.1, 0.15) is 22.3 Å². The van der Waals surface area contributed by atoms with Gasteiger partial charge in [0.05, 0.1) is 12.8 Å². The van der Waals surface area contributed by atoms with Crippen molar-refractivity contribution in [3.63, 3.8) is 0 Å². The first-order valence-corrected chi connectivity index (χ1v) is 9.51. The number of thiazole rings is 1. The lowest BCUT2D eigenvalue weighted by Crippen LogP contribution is -2.07. The van der Waals surface area contributed by atoms with Gasteiger partial charge in [-0.3, -0.25) is 10.1 Å². The summed E-state index contributed by atoms with van der Waals surface area (Å²) in [5.41, 5.74) is 6.53. The highest BCUT2D eigenvalue weighted by atomic mass is 32.1. The number of methoxy groups -OCH3 is 1. The summed E-state index contributed by atoms with van der Waals surface area (Å²) in [6.07, 6.45) is 3.25. The summed E-state index contributed by atoms with van der Waals surface area (Å²) in [5, 5.41) is 5.40. The van der Waals surface area contributed by atoms with E-state index in [0.717, 1.165) is 22.6 Å². The van der Waals surface area contributed by atoms with Crippen molar-refractivity contribution >= 4 is 28.5 Å². The van der Waals surface area contributed by atoms with Crippen molar-refractivity contribution in [1.29, 1.82) is 0 Å². The Hall–Kier alpha value is -2.92. The van der Waals surface area contributed by atoms with Crippen LogP contribution in [0, 0.1) is 20.8 Å². The van der Waals surface area contributed by atoms with Gasteiger partial charge in [0.2, 0.25) is 5.91 Å². The van der Waals surface area contributed by atoms with E-state index in [2.05, 4.69) is 43.2 Å². The molecule has 0 saturated heterocycles. The van der Waals surface area contributed by atoms with Gasteiger partial charge in [0, 0.05) is 17.0 Å². The molecule has 0 fully saturated rings. The van der Waals surface area contributed by atoms with Crippen molar-refractivity contribution in [2.24, 2.45) is 0 Å². The summed E-state index contributed by atoms with van der Waals surface area (Å²) in [6.45, 7) is 6.26. The number of rotatable bonds is 5. The third-order valence-electron chi connectivity index (χ3n) is 4.19. The van der Waals surface area contributed by atoms with Gasteiger partial charge in [0.1, 0.15) is 5.75 Å². The van der Waals surface area contributed by atoms with Crippen molar-refractivity contribution in [1.82, 2.24) is 4.98 Å². The van der Waals surface area contributed by atoms with Gasteiger partial charge >= 0.3 is 0 Å². The predicted molar refractivity (Wildman–Crippen MR) is 112 cm³/mol. The molecule has 0 atom stereocenters. The van der Waals surface area contributed by atoms with Crippen LogP contribution in [0.5, 0.6) is 5.75 Å². The Morgan fingerprint density at radius 3 is 2.59 bits per heavy atom. The lowest BCUT2D eigenvalue weighted by atomic mass is 9.98. The van der Waals surface area contributed by atoms with E-state index >= 15 is 0 Å². The molecule has 0 bridgehead atoms. The number of aryl methyl sites for hydroxylation is 3. The number of hydrogen-bond acceptors (Lipinski definition) is 4. The molecule has 3 aromatic rings. The van der Waals surface area contributed by atoms with Crippen molar-refractivity contribution in [3.8, 4) is 17.0 Å². The topological polar surface area (TPSA) is 51.2 Å². The van der Waals surface area contributed by atoms with Crippen LogP contribution in [0.3, 0.4) is 0 Å². The number of anilines is 1. The molecular weight excluding hydrogens is 356 g/mol. The van der Waals surface area contributed by atoms with Crippen LogP contribution in [-0.2, 0) is 4.79 Å². The number of ether oxygens (including phenoxy) is 1. The SMILES string of the molecule is COc1cccc(/C=C/C(=O)Nc2nc(-c3c(C)cc(C)cc3C)cs2)c1. The van der Waals surface area contributed by atoms with Gasteiger partial charge in [-0.2, -0.15) is 0 Å². The number of amides is 1. The Morgan fingerprint density at radius 1 is 1.15 bits per heavy atom. The smallest absolute Gasteiger partial charge is 0.250 e. The second-order valence-electron chi connectivity index (χ2n) is 6.41. The van der Waals surface area contributed by atoms with Gasteiger partial charge < -0.3 is 4.74 Å². The van der Waals surface area contributed by atoms with E-state index in [0.29, 0.717) is 5.13 Å². The zero-order valence-electron chi connectivity index (χ0n) is 15.9. The number of hydrogen-bond donors (Lipinski definition) is 1. The van der Waals surface area contributed by atoms with Crippen molar-refractivity contribution in [2.45, 2.75) is 20.8 Å². The summed E-state index contributed by atoms with van der Waals surface area (Å²) < 4.78 is 5.19. The maximum absolute atomic E-state index is 12.2. The monoisotopic (exact) mass is 378 g/mol. The van der Waals surface area contributed by atoms with Crippen LogP contribution in [0.2, 0.25) is 0 Å². The Balaban J connectivity index is 1.72. The number of benzene rings is 2. The first-order valence-electron chi connectivity index (χ1n) is 8.63. The molecule has 0 aliphatic carbocycles. The third kappa shape index (κ3) is 4.63. The van der Waals surface area contributed by atoms with Crippen LogP contribution >= 0.6 is 11.3 Å². The fourth-order valence-electron chi connectivity index (χ4n) is 3.09. The van der Waals surface area contributed by atoms with Crippen LogP contribution in [0.4, 0.5) is 5.13 Å². The Morgan fingerprint density at radius 2 is 1.89 bits per heavy atom. The second kappa shape index (κ2) is 8.18. The van der Waals surface area contributed by atoms with Gasteiger partial charge in [-0.25, -0.2) is 4.98 Å². The van der Waals surface area contributed by atoms with E-state index in [9.17, 15) is 4.79 Å². The Bertz CT molecular complexity index is 982. The predicted octanol–water partition coefficient (Wildman–Crippen LogP) is 5.40. The zero-order chi connectivity index (χ0) is 19.4. The summed E-state index contributed by atoms with van der Waals surface area (Å²) >= 11 is 1.43. The van der Waals surface area contributed by atoms with Gasteiger partial charge in [-0.1, -0.05) is 29.8 Å². The van der Waals surface area contributed by atoms with Crippen molar-refractivity contribution < 1.29 is 9.53 Å². The summed E-state index contributed by atoms with van der Waals surface area (Å²) in [5.74, 6) is 0.544. The van der Waals surface area contributed by atoms with E-state index in [1.54, 1.807) is 13.2 Å². The molecule has 1 N–H and O–H groups in total. The number of carbonyl (C=O) groups is 1. The van der Waals surface area contributed by atoms with Crippen molar-refractivity contribution in [2.75, 3.05) is 12.4 Å². The van der Waals surface area contributed by atoms with Gasteiger partial charge in [0.25, 0.3) is 0 Å². The second-order valence-corrected chi connectivity index (χ2v) is 7.27. The van der Waals surface area contributed by atoms with Crippen LogP contribution in [-0.4, -0.2) is 18.0 Å². The molecular formula is C22H22N2O2S. The number of nitrogens with one attached hydrogen (secondary N) is 1. The average molecular weight is 378 g/mol. The largest absolute Gasteiger partial charge is 0.497 e. The maximum atomic E-state index is 12.2. The highest BCUT2D eigenvalue weighted by molar-refractivity contribution is 7.14. The van der Waals surface area contributed by atoms with E-state index in [-0.39, 0.29) is 5.91 Å². The molecule has 0 radical (unpaired) electrons. The minimum Gasteiger partial charge on any atom is -0.497 e. The van der Waals surface area contributed by atoms with Crippen LogP contribution in [0.25, 0.3) is 17.3 Å². The molecule has 1 amide bonds. The molecule has 2 aromatic carbocycles. The lowest BCUT2D eigenvalue weighted by molar-refractivity contribution is -0.111. The minimum atomic E-state index is -0.212. The van der Waals surface area contributed by atoms with Gasteiger partial charge in [0.15, 0.2) is 5.13 Å². The number of nitrogens with zero attached hydrogens (tertiary/aromatic N) is 1. The highest BCUT2D eigenvalue weighted by Gasteiger charge is 2.11. The molecule has 27 heavy (non-hydrogen) atoms. The first-order chi connectivity index (χ1) is 13.0. The molecule has 138 valence electrons. The van der Waals surface area contributed by atoms with Crippen LogP contribution in [0.15, 0.2) is 47.9 Å². The molecule has 4 nitrogen and oxygen atoms in total. The summed E-state index contributed by atoms with van der Waals surface area (Å²) in [7, 11) is 1.62. The normalized spacial score (nSPS) is 11.0. The molecule has 0 saturated carbocycles.